The maximum Gasteiger partial charge on any atom is 0.240 e. The molecule has 0 saturated carbocycles. The summed E-state index contributed by atoms with van der Waals surface area (Å²) in [5.41, 5.74) is 0. The zero-order chi connectivity index (χ0) is 12.7. The Bertz CT molecular complexity index is 233. The number of piperidine rings is 1. The Labute approximate surface area is 105 Å². The van der Waals surface area contributed by atoms with Gasteiger partial charge in [-0.3, -0.25) is 4.79 Å². The molecule has 0 bridgehead atoms. The Morgan fingerprint density at radius 1 is 1.53 bits per heavy atom. The topological polar surface area (TPSA) is 41.6 Å². The molecule has 100 valence electrons. The van der Waals surface area contributed by atoms with Crippen molar-refractivity contribution < 1.29 is 9.53 Å². The lowest BCUT2D eigenvalue weighted by Gasteiger charge is -2.36. The highest BCUT2D eigenvalue weighted by molar-refractivity contribution is 5.82. The molecule has 0 spiro atoms. The molecule has 1 heterocycles. The number of nitrogens with zero attached hydrogens (tertiary/aromatic N) is 1. The third-order valence-electron chi connectivity index (χ3n) is 3.21. The molecule has 1 aliphatic rings. The quantitative estimate of drug-likeness (QED) is 0.734. The Hall–Kier alpha value is -0.610. The van der Waals surface area contributed by atoms with E-state index >= 15 is 0 Å². The van der Waals surface area contributed by atoms with Crippen LogP contribution in [0, 0.1) is 0 Å². The lowest BCUT2D eigenvalue weighted by molar-refractivity contribution is -0.139. The van der Waals surface area contributed by atoms with E-state index in [1.807, 2.05) is 11.8 Å². The molecule has 4 heteroatoms. The predicted molar refractivity (Wildman–Crippen MR) is 69.0 cm³/mol. The molecule has 1 fully saturated rings. The van der Waals surface area contributed by atoms with E-state index < -0.39 is 0 Å². The summed E-state index contributed by atoms with van der Waals surface area (Å²) in [5.74, 6) is 0.247. The second-order valence-electron chi connectivity index (χ2n) is 4.69. The standard InChI is InChI=1S/C13H26N2O2/c1-4-8-14-12-7-6-9-15(13(12)16)11(3)10-17-5-2/h11-12,14H,4-10H2,1-3H3. The second kappa shape index (κ2) is 7.67. The van der Waals surface area contributed by atoms with Crippen LogP contribution in [0.1, 0.15) is 40.0 Å². The molecule has 0 radical (unpaired) electrons. The van der Waals surface area contributed by atoms with Crippen molar-refractivity contribution in [2.75, 3.05) is 26.3 Å². The Morgan fingerprint density at radius 3 is 2.94 bits per heavy atom. The molecule has 0 aromatic rings. The number of ether oxygens (including phenoxy) is 1. The molecular formula is C13H26N2O2. The fourth-order valence-electron chi connectivity index (χ4n) is 2.22. The monoisotopic (exact) mass is 242 g/mol. The van der Waals surface area contributed by atoms with Crippen molar-refractivity contribution in [3.05, 3.63) is 0 Å². The molecule has 0 aromatic carbocycles. The molecule has 1 amide bonds. The molecule has 0 aromatic heterocycles. The minimum Gasteiger partial charge on any atom is -0.380 e. The van der Waals surface area contributed by atoms with E-state index in [0.29, 0.717) is 13.2 Å². The van der Waals surface area contributed by atoms with E-state index in [1.54, 1.807) is 0 Å². The minimum atomic E-state index is 0.0211. The number of carbonyl (C=O) groups is 1. The van der Waals surface area contributed by atoms with Gasteiger partial charge in [-0.2, -0.15) is 0 Å². The number of rotatable bonds is 7. The molecule has 1 aliphatic heterocycles. The van der Waals surface area contributed by atoms with E-state index in [2.05, 4.69) is 19.2 Å². The molecule has 1 saturated heterocycles. The van der Waals surface area contributed by atoms with E-state index in [4.69, 9.17) is 4.74 Å². The van der Waals surface area contributed by atoms with Gasteiger partial charge in [0, 0.05) is 13.2 Å². The van der Waals surface area contributed by atoms with Crippen molar-refractivity contribution in [3.63, 3.8) is 0 Å². The van der Waals surface area contributed by atoms with E-state index in [9.17, 15) is 4.79 Å². The summed E-state index contributed by atoms with van der Waals surface area (Å²) >= 11 is 0. The van der Waals surface area contributed by atoms with Crippen molar-refractivity contribution in [1.82, 2.24) is 10.2 Å². The smallest absolute Gasteiger partial charge is 0.240 e. The van der Waals surface area contributed by atoms with Gasteiger partial charge in [0.05, 0.1) is 18.7 Å². The van der Waals surface area contributed by atoms with Crippen LogP contribution in [0.15, 0.2) is 0 Å². The van der Waals surface area contributed by atoms with Crippen LogP contribution in [0.3, 0.4) is 0 Å². The number of carbonyl (C=O) groups excluding carboxylic acids is 1. The van der Waals surface area contributed by atoms with Gasteiger partial charge in [0.15, 0.2) is 0 Å². The molecule has 4 nitrogen and oxygen atoms in total. The number of hydrogen-bond acceptors (Lipinski definition) is 3. The van der Waals surface area contributed by atoms with Crippen LogP contribution >= 0.6 is 0 Å². The van der Waals surface area contributed by atoms with Gasteiger partial charge in [0.2, 0.25) is 5.91 Å². The van der Waals surface area contributed by atoms with Crippen LogP contribution in [0.5, 0.6) is 0 Å². The SMILES string of the molecule is CCCNC1CCCN(C(C)COCC)C1=O. The Morgan fingerprint density at radius 2 is 2.29 bits per heavy atom. The van der Waals surface area contributed by atoms with E-state index in [1.165, 1.54) is 0 Å². The van der Waals surface area contributed by atoms with Gasteiger partial charge in [-0.05, 0) is 39.7 Å². The first-order valence-corrected chi connectivity index (χ1v) is 6.82. The van der Waals surface area contributed by atoms with Crippen molar-refractivity contribution in [2.24, 2.45) is 0 Å². The summed E-state index contributed by atoms with van der Waals surface area (Å²) in [6.07, 6.45) is 3.12. The van der Waals surface area contributed by atoms with Crippen LogP contribution in [0.2, 0.25) is 0 Å². The Kier molecular flexibility index (Phi) is 6.52. The van der Waals surface area contributed by atoms with Crippen LogP contribution < -0.4 is 5.32 Å². The Balaban J connectivity index is 2.46. The number of amides is 1. The summed E-state index contributed by atoms with van der Waals surface area (Å²) in [6, 6.07) is 0.210. The van der Waals surface area contributed by atoms with Crippen molar-refractivity contribution in [2.45, 2.75) is 52.1 Å². The number of nitrogens with one attached hydrogen (secondary N) is 1. The summed E-state index contributed by atoms with van der Waals surface area (Å²) in [4.78, 5) is 14.2. The summed E-state index contributed by atoms with van der Waals surface area (Å²) in [7, 11) is 0. The highest BCUT2D eigenvalue weighted by Crippen LogP contribution is 2.15. The highest BCUT2D eigenvalue weighted by atomic mass is 16.5. The van der Waals surface area contributed by atoms with Crippen LogP contribution in [0.4, 0.5) is 0 Å². The zero-order valence-corrected chi connectivity index (χ0v) is 11.4. The molecule has 1 rings (SSSR count). The van der Waals surface area contributed by atoms with Gasteiger partial charge in [-0.25, -0.2) is 0 Å². The summed E-state index contributed by atoms with van der Waals surface area (Å²) in [6.45, 7) is 9.32. The average molecular weight is 242 g/mol. The lowest BCUT2D eigenvalue weighted by atomic mass is 10.0. The number of likely N-dealkylation sites (tertiary alicyclic amines) is 1. The third-order valence-corrected chi connectivity index (χ3v) is 3.21. The first-order chi connectivity index (χ1) is 8.20. The summed E-state index contributed by atoms with van der Waals surface area (Å²) in [5, 5.41) is 3.33. The van der Waals surface area contributed by atoms with Gasteiger partial charge in [-0.15, -0.1) is 0 Å². The maximum absolute atomic E-state index is 12.2. The first-order valence-electron chi connectivity index (χ1n) is 6.82. The predicted octanol–water partition coefficient (Wildman–Crippen LogP) is 1.40. The average Bonchev–Trinajstić information content (AvgIpc) is 2.34. The van der Waals surface area contributed by atoms with Gasteiger partial charge in [0.1, 0.15) is 0 Å². The minimum absolute atomic E-state index is 0.0211. The zero-order valence-electron chi connectivity index (χ0n) is 11.4. The highest BCUT2D eigenvalue weighted by Gasteiger charge is 2.30. The van der Waals surface area contributed by atoms with Gasteiger partial charge in [0.25, 0.3) is 0 Å². The second-order valence-corrected chi connectivity index (χ2v) is 4.69. The van der Waals surface area contributed by atoms with Crippen molar-refractivity contribution in [1.29, 1.82) is 0 Å². The molecule has 1 N–H and O–H groups in total. The van der Waals surface area contributed by atoms with Gasteiger partial charge >= 0.3 is 0 Å². The lowest BCUT2D eigenvalue weighted by Crippen LogP contribution is -2.54. The van der Waals surface area contributed by atoms with Crippen molar-refractivity contribution in [3.8, 4) is 0 Å². The van der Waals surface area contributed by atoms with E-state index in [-0.39, 0.29) is 18.0 Å². The third kappa shape index (κ3) is 4.28. The largest absolute Gasteiger partial charge is 0.380 e. The van der Waals surface area contributed by atoms with Gasteiger partial charge in [-0.1, -0.05) is 6.92 Å². The first kappa shape index (κ1) is 14.5. The molecule has 2 atom stereocenters. The van der Waals surface area contributed by atoms with Crippen LogP contribution in [-0.2, 0) is 9.53 Å². The van der Waals surface area contributed by atoms with Crippen LogP contribution in [-0.4, -0.2) is 49.2 Å². The molecule has 2 unspecified atom stereocenters. The normalized spacial score (nSPS) is 22.9. The van der Waals surface area contributed by atoms with Crippen molar-refractivity contribution >= 4 is 5.91 Å². The molecular weight excluding hydrogens is 216 g/mol. The number of hydrogen-bond donors (Lipinski definition) is 1. The van der Waals surface area contributed by atoms with E-state index in [0.717, 1.165) is 32.4 Å². The van der Waals surface area contributed by atoms with Crippen LogP contribution in [0.25, 0.3) is 0 Å². The maximum atomic E-state index is 12.2. The molecule has 17 heavy (non-hydrogen) atoms. The molecule has 0 aliphatic carbocycles. The fraction of sp³-hybridized carbons (Fsp3) is 0.923. The fourth-order valence-corrected chi connectivity index (χ4v) is 2.22. The summed E-state index contributed by atoms with van der Waals surface area (Å²) < 4.78 is 5.40. The van der Waals surface area contributed by atoms with Gasteiger partial charge < -0.3 is 15.0 Å².